The highest BCUT2D eigenvalue weighted by Gasteiger charge is 2.10. The fourth-order valence-corrected chi connectivity index (χ4v) is 3.43. The largest absolute Gasteiger partial charge is 1.00 e. The van der Waals surface area contributed by atoms with Crippen molar-refractivity contribution in [3.63, 3.8) is 0 Å². The lowest BCUT2D eigenvalue weighted by atomic mass is 10.1. The van der Waals surface area contributed by atoms with Crippen molar-refractivity contribution >= 4 is 11.9 Å². The van der Waals surface area contributed by atoms with Crippen LogP contribution in [0.25, 0.3) is 0 Å². The molecule has 0 saturated carbocycles. The minimum atomic E-state index is -0.387. The van der Waals surface area contributed by atoms with Crippen molar-refractivity contribution in [2.45, 2.75) is 38.5 Å². The van der Waals surface area contributed by atoms with Gasteiger partial charge >= 0.3 is 11.9 Å². The summed E-state index contributed by atoms with van der Waals surface area (Å²) in [4.78, 5) is 24.2. The minimum absolute atomic E-state index is 0. The van der Waals surface area contributed by atoms with Gasteiger partial charge in [0, 0.05) is 12.1 Å². The average Bonchev–Trinajstić information content (AvgIpc) is 2.86. The van der Waals surface area contributed by atoms with Crippen molar-refractivity contribution in [1.29, 1.82) is 0 Å². The molecule has 0 atom stereocenters. The summed E-state index contributed by atoms with van der Waals surface area (Å²) in [5, 5.41) is 0. The summed E-state index contributed by atoms with van der Waals surface area (Å²) in [5.74, 6) is 0.495. The summed E-state index contributed by atoms with van der Waals surface area (Å²) in [7, 11) is 1.88. The van der Waals surface area contributed by atoms with Crippen molar-refractivity contribution in [3.05, 3.63) is 90.3 Å². The summed E-state index contributed by atoms with van der Waals surface area (Å²) in [5.41, 5.74) is 1.09. The second-order valence-electron chi connectivity index (χ2n) is 8.09. The number of halogens is 1. The van der Waals surface area contributed by atoms with Crippen LogP contribution >= 0.6 is 0 Å². The molecule has 0 aliphatic rings. The van der Waals surface area contributed by atoms with Gasteiger partial charge in [-0.2, -0.15) is 0 Å². The molecule has 1 aromatic heterocycles. The van der Waals surface area contributed by atoms with Crippen LogP contribution in [0.5, 0.6) is 11.5 Å². The van der Waals surface area contributed by atoms with Crippen LogP contribution in [0, 0.1) is 0 Å². The van der Waals surface area contributed by atoms with Crippen LogP contribution in [0.2, 0.25) is 0 Å². The van der Waals surface area contributed by atoms with Crippen LogP contribution in [-0.4, -0.2) is 25.2 Å². The zero-order valence-corrected chi connectivity index (χ0v) is 22.2. The highest BCUT2D eigenvalue weighted by Crippen LogP contribution is 2.21. The number of nitrogens with zero attached hydrogens (tertiary/aromatic N) is 1. The van der Waals surface area contributed by atoms with Crippen LogP contribution in [0.1, 0.15) is 59.2 Å². The molecule has 0 radical (unpaired) electrons. The summed E-state index contributed by atoms with van der Waals surface area (Å²) < 4.78 is 18.4. The fourth-order valence-electron chi connectivity index (χ4n) is 3.43. The first-order chi connectivity index (χ1) is 16.6. The van der Waals surface area contributed by atoms with E-state index in [1.165, 1.54) is 0 Å². The van der Waals surface area contributed by atoms with E-state index in [0.29, 0.717) is 35.8 Å². The lowest BCUT2D eigenvalue weighted by Crippen LogP contribution is -3.00. The van der Waals surface area contributed by atoms with Gasteiger partial charge in [-0.15, -0.1) is 0 Å². The van der Waals surface area contributed by atoms with Crippen molar-refractivity contribution in [2.75, 3.05) is 13.2 Å². The number of carbonyl (C=O) groups is 2. The van der Waals surface area contributed by atoms with Crippen LogP contribution in [-0.2, 0) is 11.8 Å². The minimum Gasteiger partial charge on any atom is -1.00 e. The molecule has 1 heterocycles. The summed E-state index contributed by atoms with van der Waals surface area (Å²) in [6, 6.07) is 19.6. The number of hydrogen-bond donors (Lipinski definition) is 0. The Bertz CT molecular complexity index is 1060. The number of carbonyl (C=O) groups excluding carboxylic acids is 2. The molecule has 6 nitrogen and oxygen atoms in total. The number of hydrogen-bond acceptors (Lipinski definition) is 5. The van der Waals surface area contributed by atoms with E-state index in [4.69, 9.17) is 14.2 Å². The molecule has 2 aromatic carbocycles. The van der Waals surface area contributed by atoms with E-state index in [1.807, 2.05) is 42.1 Å². The molecule has 0 unspecified atom stereocenters. The number of ether oxygens (including phenoxy) is 3. The van der Waals surface area contributed by atoms with Gasteiger partial charge in [0.15, 0.2) is 12.4 Å². The van der Waals surface area contributed by atoms with Crippen molar-refractivity contribution in [1.82, 2.24) is 0 Å². The molecule has 0 fully saturated rings. The van der Waals surface area contributed by atoms with E-state index in [2.05, 4.69) is 0 Å². The Kier molecular flexibility index (Phi) is 12.8. The second-order valence-corrected chi connectivity index (χ2v) is 8.09. The van der Waals surface area contributed by atoms with E-state index in [1.54, 1.807) is 48.7 Å². The Morgan fingerprint density at radius 1 is 0.714 bits per heavy atom. The maximum Gasteiger partial charge on any atom is 0.344 e. The number of rotatable bonds is 13. The van der Waals surface area contributed by atoms with E-state index < -0.39 is 0 Å². The quantitative estimate of drug-likeness (QED) is 0.101. The molecule has 0 N–H and O–H groups in total. The molecule has 3 aromatic rings. The molecule has 0 aliphatic carbocycles. The number of aromatic nitrogens is 1. The van der Waals surface area contributed by atoms with Gasteiger partial charge in [0.1, 0.15) is 24.1 Å². The van der Waals surface area contributed by atoms with Gasteiger partial charge < -0.3 is 38.2 Å². The Morgan fingerprint density at radius 3 is 2.11 bits per heavy atom. The predicted molar refractivity (Wildman–Crippen MR) is 129 cm³/mol. The molecular formula is C28H32INO5. The van der Waals surface area contributed by atoms with E-state index in [-0.39, 0.29) is 35.9 Å². The Balaban J connectivity index is 0.00000432. The smallest absolute Gasteiger partial charge is 0.344 e. The first kappa shape index (κ1) is 28.3. The number of pyridine rings is 1. The van der Waals surface area contributed by atoms with Gasteiger partial charge in [0.25, 0.3) is 0 Å². The molecule has 0 bridgehead atoms. The lowest BCUT2D eigenvalue weighted by molar-refractivity contribution is -0.671. The Morgan fingerprint density at radius 2 is 1.37 bits per heavy atom. The number of unbranched alkanes of at least 4 members (excludes halogenated alkanes) is 5. The topological polar surface area (TPSA) is 65.7 Å². The third kappa shape index (κ3) is 10.5. The van der Waals surface area contributed by atoms with Crippen molar-refractivity contribution in [3.8, 4) is 11.5 Å². The van der Waals surface area contributed by atoms with Gasteiger partial charge in [-0.3, -0.25) is 0 Å². The normalized spacial score (nSPS) is 10.2. The van der Waals surface area contributed by atoms with Gasteiger partial charge in [-0.05, 0) is 43.2 Å². The predicted octanol–water partition coefficient (Wildman–Crippen LogP) is 2.31. The maximum atomic E-state index is 12.2. The number of aryl methyl sites for hydroxylation is 1. The summed E-state index contributed by atoms with van der Waals surface area (Å²) >= 11 is 0. The fraction of sp³-hybridized carbons (Fsp3) is 0.321. The molecule has 0 saturated heterocycles. The second kappa shape index (κ2) is 15.9. The van der Waals surface area contributed by atoms with Crippen molar-refractivity contribution < 1.29 is 52.3 Å². The van der Waals surface area contributed by atoms with E-state index >= 15 is 0 Å². The molecule has 35 heavy (non-hydrogen) atoms. The lowest BCUT2D eigenvalue weighted by Gasteiger charge is -2.09. The number of benzene rings is 2. The molecule has 0 aliphatic heterocycles. The first-order valence-electron chi connectivity index (χ1n) is 11.7. The van der Waals surface area contributed by atoms with Gasteiger partial charge in [0.2, 0.25) is 0 Å². The first-order valence-corrected chi connectivity index (χ1v) is 11.7. The molecular weight excluding hydrogens is 557 g/mol. The monoisotopic (exact) mass is 589 g/mol. The van der Waals surface area contributed by atoms with Crippen molar-refractivity contribution in [2.24, 2.45) is 7.05 Å². The van der Waals surface area contributed by atoms with Crippen LogP contribution in [0.4, 0.5) is 0 Å². The average molecular weight is 589 g/mol. The SMILES string of the molecule is C[n+]1cccc(C(=O)OCCCCCCCCOc2cccc(OC(=O)c3ccccc3)c2)c1.[I-]. The zero-order chi connectivity index (χ0) is 24.0. The molecule has 3 rings (SSSR count). The molecule has 186 valence electrons. The summed E-state index contributed by atoms with van der Waals surface area (Å²) in [6.07, 6.45) is 9.78. The zero-order valence-electron chi connectivity index (χ0n) is 20.0. The standard InChI is InChI=1S/C28H32NO5.HI/c1-29-18-12-15-24(22-29)27(30)33-20-10-5-3-2-4-9-19-32-25-16-11-17-26(21-25)34-28(31)23-13-7-6-8-14-23;/h6-8,11-18,21-22H,2-5,9-10,19-20H2,1H3;1H/q+1;/p-1. The van der Waals surface area contributed by atoms with E-state index in [0.717, 1.165) is 38.5 Å². The Labute approximate surface area is 224 Å². The van der Waals surface area contributed by atoms with Gasteiger partial charge in [-0.1, -0.05) is 49.9 Å². The number of esters is 2. The van der Waals surface area contributed by atoms with Crippen LogP contribution in [0.3, 0.4) is 0 Å². The van der Waals surface area contributed by atoms with Gasteiger partial charge in [-0.25, -0.2) is 14.2 Å². The Hall–Kier alpha value is -2.94. The third-order valence-electron chi connectivity index (χ3n) is 5.24. The third-order valence-corrected chi connectivity index (χ3v) is 5.24. The van der Waals surface area contributed by atoms with E-state index in [9.17, 15) is 9.59 Å². The molecule has 0 spiro atoms. The molecule has 7 heteroatoms. The highest BCUT2D eigenvalue weighted by molar-refractivity contribution is 5.91. The van der Waals surface area contributed by atoms with Gasteiger partial charge in [0.05, 0.1) is 18.8 Å². The van der Waals surface area contributed by atoms with Crippen LogP contribution < -0.4 is 38.0 Å². The van der Waals surface area contributed by atoms with Crippen LogP contribution in [0.15, 0.2) is 79.1 Å². The maximum absolute atomic E-state index is 12.2. The summed E-state index contributed by atoms with van der Waals surface area (Å²) in [6.45, 7) is 1.06. The highest BCUT2D eigenvalue weighted by atomic mass is 127. The molecule has 0 amide bonds.